The Morgan fingerprint density at radius 2 is 2.26 bits per heavy atom. The maximum atomic E-state index is 5.73. The molecule has 0 bridgehead atoms. The summed E-state index contributed by atoms with van der Waals surface area (Å²) in [7, 11) is 0. The van der Waals surface area contributed by atoms with E-state index in [1.807, 2.05) is 0 Å². The van der Waals surface area contributed by atoms with Crippen molar-refractivity contribution in [2.24, 2.45) is 11.3 Å². The van der Waals surface area contributed by atoms with Crippen molar-refractivity contribution in [2.75, 3.05) is 39.4 Å². The molecule has 0 aromatic rings. The number of rotatable bonds is 7. The van der Waals surface area contributed by atoms with Gasteiger partial charge in [-0.3, -0.25) is 4.90 Å². The predicted octanol–water partition coefficient (Wildman–Crippen LogP) is 2.51. The number of nitrogens with one attached hydrogen (secondary N) is 1. The van der Waals surface area contributed by atoms with E-state index in [9.17, 15) is 0 Å². The molecule has 0 amide bonds. The summed E-state index contributed by atoms with van der Waals surface area (Å²) in [5.41, 5.74) is 0.368. The number of nitrogens with zero attached hydrogens (tertiary/aromatic N) is 1. The lowest BCUT2D eigenvalue weighted by Crippen LogP contribution is -2.47. The summed E-state index contributed by atoms with van der Waals surface area (Å²) in [5.74, 6) is 0.783. The summed E-state index contributed by atoms with van der Waals surface area (Å²) in [6.07, 6.45) is 5.21. The number of hydrogen-bond donors (Lipinski definition) is 1. The SMILES string of the molecule is CCCNCC1(CN2CCCC2C(C)C)CCOC1. The van der Waals surface area contributed by atoms with Gasteiger partial charge in [0.2, 0.25) is 0 Å². The third-order valence-corrected chi connectivity index (χ3v) is 4.83. The van der Waals surface area contributed by atoms with Gasteiger partial charge in [-0.1, -0.05) is 20.8 Å². The van der Waals surface area contributed by atoms with Crippen molar-refractivity contribution in [2.45, 2.75) is 52.5 Å². The maximum absolute atomic E-state index is 5.73. The van der Waals surface area contributed by atoms with E-state index in [2.05, 4.69) is 31.0 Å². The maximum Gasteiger partial charge on any atom is 0.0547 e. The van der Waals surface area contributed by atoms with Crippen LogP contribution in [0, 0.1) is 11.3 Å². The Bertz CT molecular complexity index is 261. The minimum Gasteiger partial charge on any atom is -0.381 e. The Hall–Kier alpha value is -0.120. The van der Waals surface area contributed by atoms with Gasteiger partial charge in [0.25, 0.3) is 0 Å². The highest BCUT2D eigenvalue weighted by Crippen LogP contribution is 2.33. The first-order valence-electron chi connectivity index (χ1n) is 8.19. The van der Waals surface area contributed by atoms with Crippen molar-refractivity contribution in [1.29, 1.82) is 0 Å². The first-order valence-corrected chi connectivity index (χ1v) is 8.19. The summed E-state index contributed by atoms with van der Waals surface area (Å²) < 4.78 is 5.73. The molecular formula is C16H32N2O. The Kier molecular flexibility index (Phi) is 5.67. The zero-order valence-electron chi connectivity index (χ0n) is 13.1. The van der Waals surface area contributed by atoms with E-state index in [0.29, 0.717) is 5.41 Å². The lowest BCUT2D eigenvalue weighted by atomic mass is 9.85. The van der Waals surface area contributed by atoms with Crippen LogP contribution in [0.4, 0.5) is 0 Å². The summed E-state index contributed by atoms with van der Waals surface area (Å²) in [5, 5.41) is 3.63. The molecule has 2 saturated heterocycles. The fourth-order valence-electron chi connectivity index (χ4n) is 3.73. The molecule has 3 nitrogen and oxygen atoms in total. The molecule has 2 fully saturated rings. The molecule has 2 aliphatic rings. The molecule has 0 aliphatic carbocycles. The van der Waals surface area contributed by atoms with Gasteiger partial charge in [-0.2, -0.15) is 0 Å². The van der Waals surface area contributed by atoms with Crippen molar-refractivity contribution < 1.29 is 4.74 Å². The van der Waals surface area contributed by atoms with E-state index in [1.54, 1.807) is 0 Å². The molecular weight excluding hydrogens is 236 g/mol. The highest BCUT2D eigenvalue weighted by molar-refractivity contribution is 4.92. The van der Waals surface area contributed by atoms with Gasteiger partial charge in [0.05, 0.1) is 6.61 Å². The summed E-state index contributed by atoms with van der Waals surface area (Å²) in [6.45, 7) is 13.7. The van der Waals surface area contributed by atoms with Crippen LogP contribution in [0.25, 0.3) is 0 Å². The molecule has 1 N–H and O–H groups in total. The molecule has 0 aromatic heterocycles. The van der Waals surface area contributed by atoms with Gasteiger partial charge >= 0.3 is 0 Å². The molecule has 2 aliphatic heterocycles. The number of likely N-dealkylation sites (tertiary alicyclic amines) is 1. The topological polar surface area (TPSA) is 24.5 Å². The minimum absolute atomic E-state index is 0.368. The highest BCUT2D eigenvalue weighted by atomic mass is 16.5. The number of ether oxygens (including phenoxy) is 1. The molecule has 2 heterocycles. The average molecular weight is 268 g/mol. The molecule has 2 unspecified atom stereocenters. The Balaban J connectivity index is 1.92. The fraction of sp³-hybridized carbons (Fsp3) is 1.00. The van der Waals surface area contributed by atoms with Crippen molar-refractivity contribution in [3.8, 4) is 0 Å². The smallest absolute Gasteiger partial charge is 0.0547 e. The van der Waals surface area contributed by atoms with Crippen LogP contribution in [-0.4, -0.2) is 50.3 Å². The Morgan fingerprint density at radius 3 is 2.89 bits per heavy atom. The van der Waals surface area contributed by atoms with Gasteiger partial charge in [0.15, 0.2) is 0 Å². The van der Waals surface area contributed by atoms with Crippen LogP contribution < -0.4 is 5.32 Å². The van der Waals surface area contributed by atoms with Crippen LogP contribution in [0.2, 0.25) is 0 Å². The van der Waals surface area contributed by atoms with Crippen LogP contribution in [0.1, 0.15) is 46.5 Å². The van der Waals surface area contributed by atoms with Gasteiger partial charge in [-0.05, 0) is 44.7 Å². The molecule has 0 saturated carbocycles. The molecule has 19 heavy (non-hydrogen) atoms. The van der Waals surface area contributed by atoms with Crippen LogP contribution in [0.3, 0.4) is 0 Å². The zero-order chi connectivity index (χ0) is 13.7. The second-order valence-corrected chi connectivity index (χ2v) is 6.90. The second kappa shape index (κ2) is 7.05. The van der Waals surface area contributed by atoms with Crippen LogP contribution >= 0.6 is 0 Å². The largest absolute Gasteiger partial charge is 0.381 e. The van der Waals surface area contributed by atoms with Gasteiger partial charge < -0.3 is 10.1 Å². The highest BCUT2D eigenvalue weighted by Gasteiger charge is 2.39. The molecule has 0 spiro atoms. The average Bonchev–Trinajstić information content (AvgIpc) is 3.00. The third kappa shape index (κ3) is 3.93. The number of hydrogen-bond acceptors (Lipinski definition) is 3. The Morgan fingerprint density at radius 1 is 1.42 bits per heavy atom. The first kappa shape index (κ1) is 15.3. The van der Waals surface area contributed by atoms with E-state index in [1.165, 1.54) is 38.8 Å². The monoisotopic (exact) mass is 268 g/mol. The van der Waals surface area contributed by atoms with Crippen molar-refractivity contribution in [1.82, 2.24) is 10.2 Å². The Labute approximate surface area is 119 Å². The zero-order valence-corrected chi connectivity index (χ0v) is 13.1. The van der Waals surface area contributed by atoms with Gasteiger partial charge in [0.1, 0.15) is 0 Å². The molecule has 2 atom stereocenters. The quantitative estimate of drug-likeness (QED) is 0.718. The lowest BCUT2D eigenvalue weighted by molar-refractivity contribution is 0.0914. The van der Waals surface area contributed by atoms with E-state index < -0.39 is 0 Å². The normalized spacial score (nSPS) is 32.5. The van der Waals surface area contributed by atoms with Gasteiger partial charge in [0, 0.05) is 31.2 Å². The van der Waals surface area contributed by atoms with Gasteiger partial charge in [-0.15, -0.1) is 0 Å². The predicted molar refractivity (Wildman–Crippen MR) is 80.5 cm³/mol. The fourth-order valence-corrected chi connectivity index (χ4v) is 3.73. The van der Waals surface area contributed by atoms with Crippen molar-refractivity contribution in [3.05, 3.63) is 0 Å². The summed E-state index contributed by atoms with van der Waals surface area (Å²) in [4.78, 5) is 2.74. The second-order valence-electron chi connectivity index (χ2n) is 6.90. The van der Waals surface area contributed by atoms with Crippen molar-refractivity contribution >= 4 is 0 Å². The van der Waals surface area contributed by atoms with Gasteiger partial charge in [-0.25, -0.2) is 0 Å². The van der Waals surface area contributed by atoms with E-state index in [4.69, 9.17) is 4.74 Å². The van der Waals surface area contributed by atoms with Crippen LogP contribution in [0.15, 0.2) is 0 Å². The van der Waals surface area contributed by atoms with E-state index in [-0.39, 0.29) is 0 Å². The van der Waals surface area contributed by atoms with Crippen molar-refractivity contribution in [3.63, 3.8) is 0 Å². The molecule has 112 valence electrons. The summed E-state index contributed by atoms with van der Waals surface area (Å²) in [6, 6.07) is 0.795. The lowest BCUT2D eigenvalue weighted by Gasteiger charge is -2.37. The van der Waals surface area contributed by atoms with E-state index >= 15 is 0 Å². The molecule has 2 rings (SSSR count). The van der Waals surface area contributed by atoms with E-state index in [0.717, 1.165) is 38.3 Å². The van der Waals surface area contributed by atoms with Crippen LogP contribution in [0.5, 0.6) is 0 Å². The minimum atomic E-state index is 0.368. The van der Waals surface area contributed by atoms with Crippen LogP contribution in [-0.2, 0) is 4.74 Å². The molecule has 3 heteroatoms. The molecule has 0 radical (unpaired) electrons. The molecule has 0 aromatic carbocycles. The summed E-state index contributed by atoms with van der Waals surface area (Å²) >= 11 is 0. The third-order valence-electron chi connectivity index (χ3n) is 4.83. The first-order chi connectivity index (χ1) is 9.17. The standard InChI is InChI=1S/C16H32N2O/c1-4-8-17-11-16(7-10-19-13-16)12-18-9-5-6-15(18)14(2)3/h14-15,17H,4-13H2,1-3H3.